The molecule has 0 bridgehead atoms. The number of alkyl halides is 3. The van der Waals surface area contributed by atoms with Crippen molar-refractivity contribution < 1.29 is 22.7 Å². The smallest absolute Gasteiger partial charge is 0.393 e. The molecule has 1 saturated heterocycles. The first-order chi connectivity index (χ1) is 13.2. The number of rotatable bonds is 2. The van der Waals surface area contributed by atoms with Gasteiger partial charge in [-0.25, -0.2) is 14.4 Å². The van der Waals surface area contributed by atoms with Gasteiger partial charge >= 0.3 is 6.18 Å². The number of anilines is 1. The fraction of sp³-hybridized carbons (Fsp3) is 0.300. The molecule has 1 fully saturated rings. The fourth-order valence-corrected chi connectivity index (χ4v) is 3.53. The molecular weight excluding hydrogens is 374 g/mol. The summed E-state index contributed by atoms with van der Waals surface area (Å²) in [6.07, 6.45) is -4.30. The number of hydrogen-bond donors (Lipinski definition) is 1. The summed E-state index contributed by atoms with van der Waals surface area (Å²) < 4.78 is 53.7. The van der Waals surface area contributed by atoms with Crippen LogP contribution in [0, 0.1) is 18.7 Å². The van der Waals surface area contributed by atoms with Gasteiger partial charge in [0, 0.05) is 18.5 Å². The average Bonchev–Trinajstić information content (AvgIpc) is 3.11. The van der Waals surface area contributed by atoms with E-state index >= 15 is 0 Å². The molecule has 1 atom stereocenters. The number of aromatic hydroxyl groups is 1. The van der Waals surface area contributed by atoms with Gasteiger partial charge in [0.25, 0.3) is 0 Å². The number of benzene rings is 2. The van der Waals surface area contributed by atoms with E-state index in [0.717, 1.165) is 5.56 Å². The van der Waals surface area contributed by atoms with Crippen LogP contribution < -0.4 is 4.90 Å². The van der Waals surface area contributed by atoms with Crippen LogP contribution in [0.5, 0.6) is 5.75 Å². The lowest BCUT2D eigenvalue weighted by atomic mass is 10.1. The van der Waals surface area contributed by atoms with Crippen molar-refractivity contribution in [3.63, 3.8) is 0 Å². The molecular formula is C20H17F4N3O. The van der Waals surface area contributed by atoms with Gasteiger partial charge in [-0.15, -0.1) is 0 Å². The van der Waals surface area contributed by atoms with Crippen LogP contribution in [0.3, 0.4) is 0 Å². The third-order valence-electron chi connectivity index (χ3n) is 5.00. The third-order valence-corrected chi connectivity index (χ3v) is 5.00. The average molecular weight is 391 g/mol. The summed E-state index contributed by atoms with van der Waals surface area (Å²) in [7, 11) is 0. The van der Waals surface area contributed by atoms with Crippen LogP contribution in [0.4, 0.5) is 23.4 Å². The van der Waals surface area contributed by atoms with Crippen molar-refractivity contribution in [1.29, 1.82) is 0 Å². The Labute approximate surface area is 158 Å². The molecule has 28 heavy (non-hydrogen) atoms. The highest BCUT2D eigenvalue weighted by molar-refractivity contribution is 5.92. The molecule has 0 spiro atoms. The van der Waals surface area contributed by atoms with E-state index in [1.807, 2.05) is 13.0 Å². The largest absolute Gasteiger partial charge is 0.507 e. The molecule has 1 aromatic heterocycles. The second-order valence-corrected chi connectivity index (χ2v) is 7.00. The maximum absolute atomic E-state index is 14.3. The number of aromatic nitrogens is 2. The summed E-state index contributed by atoms with van der Waals surface area (Å²) in [5, 5.41) is 10.7. The number of phenols is 1. The van der Waals surface area contributed by atoms with Crippen molar-refractivity contribution in [3.05, 3.63) is 47.8 Å². The molecule has 4 rings (SSSR count). The van der Waals surface area contributed by atoms with Crippen LogP contribution >= 0.6 is 0 Å². The number of hydrogen-bond acceptors (Lipinski definition) is 4. The monoisotopic (exact) mass is 391 g/mol. The topological polar surface area (TPSA) is 49.2 Å². The number of fused-ring (bicyclic) bond motifs is 1. The molecule has 1 unspecified atom stereocenters. The van der Waals surface area contributed by atoms with E-state index in [1.54, 1.807) is 17.0 Å². The van der Waals surface area contributed by atoms with Gasteiger partial charge in [-0.05, 0) is 43.2 Å². The van der Waals surface area contributed by atoms with Gasteiger partial charge in [0.05, 0.1) is 17.0 Å². The predicted molar refractivity (Wildman–Crippen MR) is 97.7 cm³/mol. The summed E-state index contributed by atoms with van der Waals surface area (Å²) in [6.45, 7) is 1.83. The third kappa shape index (κ3) is 3.23. The van der Waals surface area contributed by atoms with E-state index in [4.69, 9.17) is 0 Å². The highest BCUT2D eigenvalue weighted by atomic mass is 19.4. The van der Waals surface area contributed by atoms with Gasteiger partial charge in [-0.3, -0.25) is 0 Å². The van der Waals surface area contributed by atoms with Gasteiger partial charge in [0.2, 0.25) is 0 Å². The van der Waals surface area contributed by atoms with E-state index < -0.39 is 17.9 Å². The van der Waals surface area contributed by atoms with Crippen LogP contribution in [0.2, 0.25) is 0 Å². The minimum absolute atomic E-state index is 0.0266. The normalized spacial score (nSPS) is 17.5. The standard InChI is InChI=1S/C20H17F4N3O/c1-11-5-6-13-15(9-11)25-18(17-14(21)3-2-4-16(17)28)26-19(13)27-8-7-12(10-27)20(22,23)24/h2-6,9,12,28H,7-8,10H2,1H3. The Bertz CT molecular complexity index is 1030. The fourth-order valence-electron chi connectivity index (χ4n) is 3.53. The Morgan fingerprint density at radius 2 is 1.93 bits per heavy atom. The Morgan fingerprint density at radius 3 is 2.61 bits per heavy atom. The first kappa shape index (κ1) is 18.5. The summed E-state index contributed by atoms with van der Waals surface area (Å²) in [5.41, 5.74) is 1.22. The molecule has 2 aromatic carbocycles. The summed E-state index contributed by atoms with van der Waals surface area (Å²) in [6, 6.07) is 9.19. The zero-order chi connectivity index (χ0) is 20.1. The minimum Gasteiger partial charge on any atom is -0.507 e. The molecule has 146 valence electrons. The quantitative estimate of drug-likeness (QED) is 0.635. The SMILES string of the molecule is Cc1ccc2c(N3CCC(C(F)(F)F)C3)nc(-c3c(O)cccc3F)nc2c1. The summed E-state index contributed by atoms with van der Waals surface area (Å²) in [5.74, 6) is -2.21. The second-order valence-electron chi connectivity index (χ2n) is 7.00. The highest BCUT2D eigenvalue weighted by Gasteiger charge is 2.44. The van der Waals surface area contributed by atoms with E-state index in [0.29, 0.717) is 16.7 Å². The predicted octanol–water partition coefficient (Wildman–Crippen LogP) is 4.84. The summed E-state index contributed by atoms with van der Waals surface area (Å²) in [4.78, 5) is 10.3. The number of halogens is 4. The molecule has 1 N–H and O–H groups in total. The Balaban J connectivity index is 1.88. The van der Waals surface area contributed by atoms with Gasteiger partial charge in [-0.2, -0.15) is 13.2 Å². The molecule has 0 radical (unpaired) electrons. The molecule has 0 amide bonds. The number of nitrogens with zero attached hydrogens (tertiary/aromatic N) is 3. The van der Waals surface area contributed by atoms with E-state index in [1.165, 1.54) is 18.2 Å². The summed E-state index contributed by atoms with van der Waals surface area (Å²) >= 11 is 0. The minimum atomic E-state index is -4.28. The molecule has 0 aliphatic carbocycles. The van der Waals surface area contributed by atoms with E-state index in [9.17, 15) is 22.7 Å². The lowest BCUT2D eigenvalue weighted by Gasteiger charge is -2.21. The first-order valence-corrected chi connectivity index (χ1v) is 8.82. The Hall–Kier alpha value is -2.90. The molecule has 3 aromatic rings. The molecule has 4 nitrogen and oxygen atoms in total. The van der Waals surface area contributed by atoms with Crippen LogP contribution in [-0.4, -0.2) is 34.3 Å². The van der Waals surface area contributed by atoms with Gasteiger partial charge in [0.15, 0.2) is 5.82 Å². The van der Waals surface area contributed by atoms with Crippen molar-refractivity contribution in [3.8, 4) is 17.1 Å². The number of aryl methyl sites for hydroxylation is 1. The molecule has 8 heteroatoms. The van der Waals surface area contributed by atoms with Crippen molar-refractivity contribution in [2.45, 2.75) is 19.5 Å². The first-order valence-electron chi connectivity index (χ1n) is 8.82. The van der Waals surface area contributed by atoms with Crippen molar-refractivity contribution in [2.24, 2.45) is 5.92 Å². The van der Waals surface area contributed by atoms with Crippen molar-refractivity contribution >= 4 is 16.7 Å². The van der Waals surface area contributed by atoms with E-state index in [2.05, 4.69) is 9.97 Å². The van der Waals surface area contributed by atoms with Gasteiger partial charge in [-0.1, -0.05) is 12.1 Å². The van der Waals surface area contributed by atoms with Gasteiger partial charge in [0.1, 0.15) is 17.4 Å². The van der Waals surface area contributed by atoms with E-state index in [-0.39, 0.29) is 36.6 Å². The van der Waals surface area contributed by atoms with Gasteiger partial charge < -0.3 is 10.0 Å². The lowest BCUT2D eigenvalue weighted by molar-refractivity contribution is -0.168. The van der Waals surface area contributed by atoms with Crippen LogP contribution in [-0.2, 0) is 0 Å². The molecule has 1 aliphatic heterocycles. The zero-order valence-electron chi connectivity index (χ0n) is 15.0. The van der Waals surface area contributed by atoms with Crippen LogP contribution in [0.1, 0.15) is 12.0 Å². The lowest BCUT2D eigenvalue weighted by Crippen LogP contribution is -2.28. The van der Waals surface area contributed by atoms with Crippen molar-refractivity contribution in [1.82, 2.24) is 9.97 Å². The van der Waals surface area contributed by atoms with Crippen LogP contribution in [0.25, 0.3) is 22.3 Å². The second kappa shape index (κ2) is 6.61. The maximum Gasteiger partial charge on any atom is 0.393 e. The number of phenolic OH excluding ortho intramolecular Hbond substituents is 1. The van der Waals surface area contributed by atoms with Crippen LogP contribution in [0.15, 0.2) is 36.4 Å². The zero-order valence-corrected chi connectivity index (χ0v) is 15.0. The molecule has 2 heterocycles. The Kier molecular flexibility index (Phi) is 4.36. The highest BCUT2D eigenvalue weighted by Crippen LogP contribution is 2.38. The molecule has 1 aliphatic rings. The Morgan fingerprint density at radius 1 is 1.14 bits per heavy atom. The van der Waals surface area contributed by atoms with Crippen molar-refractivity contribution in [2.75, 3.05) is 18.0 Å². The molecule has 0 saturated carbocycles. The maximum atomic E-state index is 14.3.